The molecule has 7 atom stereocenters. The Morgan fingerprint density at radius 1 is 0.903 bits per heavy atom. The molecule has 1 unspecified atom stereocenters. The summed E-state index contributed by atoms with van der Waals surface area (Å²) >= 11 is 0. The number of allylic oxidation sites excluding steroid dienone is 4. The molecule has 4 aliphatic carbocycles. The minimum atomic E-state index is -0.132. The first-order valence-electron chi connectivity index (χ1n) is 13.5. The van der Waals surface area contributed by atoms with Crippen LogP contribution in [0.2, 0.25) is 0 Å². The van der Waals surface area contributed by atoms with Crippen molar-refractivity contribution in [1.82, 2.24) is 0 Å². The monoisotopic (exact) mass is 426 g/mol. The highest BCUT2D eigenvalue weighted by Crippen LogP contribution is 2.72. The molecule has 1 N–H and O–H groups in total. The zero-order valence-electron chi connectivity index (χ0n) is 21.9. The Morgan fingerprint density at radius 2 is 1.61 bits per heavy atom. The van der Waals surface area contributed by atoms with Gasteiger partial charge in [0, 0.05) is 0 Å². The summed E-state index contributed by atoms with van der Waals surface area (Å²) in [5.41, 5.74) is 4.91. The highest BCUT2D eigenvalue weighted by atomic mass is 16.3. The molecule has 4 rings (SSSR count). The van der Waals surface area contributed by atoms with Crippen molar-refractivity contribution in [1.29, 1.82) is 0 Å². The molecular weight excluding hydrogens is 376 g/mol. The molecule has 1 heteroatoms. The Hall–Kier alpha value is -0.560. The molecule has 0 bridgehead atoms. The van der Waals surface area contributed by atoms with Gasteiger partial charge in [-0.25, -0.2) is 0 Å². The third-order valence-corrected chi connectivity index (χ3v) is 11.5. The summed E-state index contributed by atoms with van der Waals surface area (Å²) in [6, 6.07) is 0. The maximum atomic E-state index is 10.8. The van der Waals surface area contributed by atoms with Crippen LogP contribution in [0, 0.1) is 45.3 Å². The number of hydrogen-bond acceptors (Lipinski definition) is 1. The summed E-state index contributed by atoms with van der Waals surface area (Å²) in [4.78, 5) is 0. The van der Waals surface area contributed by atoms with E-state index in [1.54, 1.807) is 0 Å². The van der Waals surface area contributed by atoms with Crippen molar-refractivity contribution in [3.05, 3.63) is 23.3 Å². The van der Waals surface area contributed by atoms with Crippen LogP contribution in [0.1, 0.15) is 113 Å². The fourth-order valence-corrected chi connectivity index (χ4v) is 9.36. The maximum Gasteiger partial charge on any atom is 0.0594 e. The fraction of sp³-hybridized carbons (Fsp3) is 0.867. The first kappa shape index (κ1) is 23.6. The molecule has 0 spiro atoms. The molecule has 0 aromatic carbocycles. The lowest BCUT2D eigenvalue weighted by Gasteiger charge is -2.62. The van der Waals surface area contributed by atoms with E-state index in [0.29, 0.717) is 28.1 Å². The van der Waals surface area contributed by atoms with Gasteiger partial charge in [-0.05, 0) is 103 Å². The van der Waals surface area contributed by atoms with E-state index in [9.17, 15) is 5.11 Å². The SMILES string of the molecule is CC(C)C=CC[C@@H](C)[C@H]1CC[C@@]2(C)C3=C(CC[C@]12C)[C@@]1(C)CC[C@H](O)C(C)(C)C1CC3. The second-order valence-corrected chi connectivity index (χ2v) is 13.6. The van der Waals surface area contributed by atoms with Crippen molar-refractivity contribution in [2.24, 2.45) is 45.3 Å². The van der Waals surface area contributed by atoms with E-state index >= 15 is 0 Å². The molecule has 31 heavy (non-hydrogen) atoms. The Balaban J connectivity index is 1.66. The first-order valence-corrected chi connectivity index (χ1v) is 13.5. The molecule has 0 aromatic rings. The second kappa shape index (κ2) is 7.75. The van der Waals surface area contributed by atoms with Crippen LogP contribution in [0.4, 0.5) is 0 Å². The van der Waals surface area contributed by atoms with Crippen LogP contribution in [0.25, 0.3) is 0 Å². The zero-order valence-corrected chi connectivity index (χ0v) is 21.9. The predicted octanol–water partition coefficient (Wildman–Crippen LogP) is 8.34. The molecule has 0 saturated heterocycles. The van der Waals surface area contributed by atoms with Gasteiger partial charge in [-0.1, -0.05) is 78.7 Å². The van der Waals surface area contributed by atoms with Crippen LogP contribution in [0.5, 0.6) is 0 Å². The third-order valence-electron chi connectivity index (χ3n) is 11.5. The van der Waals surface area contributed by atoms with Crippen molar-refractivity contribution >= 4 is 0 Å². The van der Waals surface area contributed by atoms with Gasteiger partial charge in [0.25, 0.3) is 0 Å². The molecule has 0 heterocycles. The predicted molar refractivity (Wildman–Crippen MR) is 133 cm³/mol. The van der Waals surface area contributed by atoms with Gasteiger partial charge in [0.05, 0.1) is 6.10 Å². The average Bonchev–Trinajstić information content (AvgIpc) is 2.96. The van der Waals surface area contributed by atoms with E-state index in [0.717, 1.165) is 18.3 Å². The Labute approximate surface area is 193 Å². The summed E-state index contributed by atoms with van der Waals surface area (Å²) in [6.07, 6.45) is 16.2. The molecule has 0 amide bonds. The van der Waals surface area contributed by atoms with Crippen LogP contribution in [0.3, 0.4) is 0 Å². The molecule has 4 aliphatic rings. The molecule has 176 valence electrons. The highest BCUT2D eigenvalue weighted by molar-refractivity contribution is 5.38. The number of fused-ring (bicyclic) bond motifs is 4. The number of aliphatic hydroxyl groups excluding tert-OH is 1. The molecule has 0 radical (unpaired) electrons. The number of aliphatic hydroxyl groups is 1. The lowest BCUT2D eigenvalue weighted by molar-refractivity contribution is -0.0961. The van der Waals surface area contributed by atoms with Gasteiger partial charge < -0.3 is 5.11 Å². The standard InChI is InChI=1S/C30H50O/c1-20(2)10-9-11-21(3)22-14-18-30(8)24-12-13-25-27(4,5)26(31)16-17-28(25,6)23(24)15-19-29(22,30)7/h9-10,20-22,25-26,31H,11-19H2,1-8H3/t21-,22-,25?,26+,28-,29-,30+/m1/s1. The van der Waals surface area contributed by atoms with Gasteiger partial charge in [0.15, 0.2) is 0 Å². The van der Waals surface area contributed by atoms with Gasteiger partial charge >= 0.3 is 0 Å². The minimum Gasteiger partial charge on any atom is -0.393 e. The smallest absolute Gasteiger partial charge is 0.0594 e. The van der Waals surface area contributed by atoms with E-state index in [-0.39, 0.29) is 11.5 Å². The Morgan fingerprint density at radius 3 is 2.29 bits per heavy atom. The van der Waals surface area contributed by atoms with Crippen molar-refractivity contribution < 1.29 is 5.11 Å². The van der Waals surface area contributed by atoms with Crippen LogP contribution in [-0.2, 0) is 0 Å². The summed E-state index contributed by atoms with van der Waals surface area (Å²) in [7, 11) is 0. The zero-order chi connectivity index (χ0) is 22.8. The average molecular weight is 427 g/mol. The number of hydrogen-bond donors (Lipinski definition) is 1. The summed E-state index contributed by atoms with van der Waals surface area (Å²) in [5.74, 6) is 2.92. The van der Waals surface area contributed by atoms with E-state index < -0.39 is 0 Å². The van der Waals surface area contributed by atoms with Gasteiger partial charge in [-0.2, -0.15) is 0 Å². The van der Waals surface area contributed by atoms with Crippen molar-refractivity contribution in [2.45, 2.75) is 119 Å². The molecule has 0 aromatic heterocycles. The van der Waals surface area contributed by atoms with Gasteiger partial charge in [-0.15, -0.1) is 0 Å². The van der Waals surface area contributed by atoms with Crippen molar-refractivity contribution in [3.8, 4) is 0 Å². The van der Waals surface area contributed by atoms with Crippen molar-refractivity contribution in [2.75, 3.05) is 0 Å². The van der Waals surface area contributed by atoms with E-state index in [1.807, 2.05) is 11.1 Å². The largest absolute Gasteiger partial charge is 0.393 e. The van der Waals surface area contributed by atoms with Gasteiger partial charge in [-0.3, -0.25) is 0 Å². The highest BCUT2D eigenvalue weighted by Gasteiger charge is 2.63. The molecule has 2 fully saturated rings. The second-order valence-electron chi connectivity index (χ2n) is 13.6. The van der Waals surface area contributed by atoms with Crippen LogP contribution >= 0.6 is 0 Å². The van der Waals surface area contributed by atoms with Crippen LogP contribution in [-0.4, -0.2) is 11.2 Å². The maximum absolute atomic E-state index is 10.8. The molecular formula is C30H50O. The van der Waals surface area contributed by atoms with Gasteiger partial charge in [0.2, 0.25) is 0 Å². The van der Waals surface area contributed by atoms with E-state index in [4.69, 9.17) is 0 Å². The van der Waals surface area contributed by atoms with Crippen LogP contribution in [0.15, 0.2) is 23.3 Å². The van der Waals surface area contributed by atoms with Crippen LogP contribution < -0.4 is 0 Å². The molecule has 1 nitrogen and oxygen atoms in total. The van der Waals surface area contributed by atoms with E-state index in [1.165, 1.54) is 51.4 Å². The van der Waals surface area contributed by atoms with Gasteiger partial charge in [0.1, 0.15) is 0 Å². The number of rotatable bonds is 4. The quantitative estimate of drug-likeness (QED) is 0.448. The Bertz CT molecular complexity index is 756. The lowest BCUT2D eigenvalue weighted by Crippen LogP contribution is -2.55. The normalized spacial score (nSPS) is 45.5. The lowest BCUT2D eigenvalue weighted by atomic mass is 9.43. The van der Waals surface area contributed by atoms with Crippen molar-refractivity contribution in [3.63, 3.8) is 0 Å². The third kappa shape index (κ3) is 3.34. The summed E-state index contributed by atoms with van der Waals surface area (Å²) in [6.45, 7) is 19.7. The first-order chi connectivity index (χ1) is 14.4. The molecule has 2 saturated carbocycles. The molecule has 0 aliphatic heterocycles. The fourth-order valence-electron chi connectivity index (χ4n) is 9.36. The van der Waals surface area contributed by atoms with E-state index in [2.05, 4.69) is 67.5 Å². The summed E-state index contributed by atoms with van der Waals surface area (Å²) in [5, 5.41) is 10.8. The summed E-state index contributed by atoms with van der Waals surface area (Å²) < 4.78 is 0. The minimum absolute atomic E-state index is 0.0443. The topological polar surface area (TPSA) is 20.2 Å². The Kier molecular flexibility index (Phi) is 5.90.